The van der Waals surface area contributed by atoms with Crippen LogP contribution >= 0.6 is 11.6 Å². The largest absolute Gasteiger partial charge is 0.416 e. The average Bonchev–Trinajstić information content (AvgIpc) is 2.78. The van der Waals surface area contributed by atoms with Gasteiger partial charge in [-0.2, -0.15) is 13.2 Å². The summed E-state index contributed by atoms with van der Waals surface area (Å²) in [7, 11) is 0. The highest BCUT2D eigenvalue weighted by molar-refractivity contribution is 6.30. The SMILES string of the molecule is O=C(Nc1cccc2ccc(Cl)nc12)C1CCN(CCc2ccc(C(F)(F)F)cc2)CC1. The number of para-hydroxylation sites is 1. The van der Waals surface area contributed by atoms with E-state index in [9.17, 15) is 18.0 Å². The molecule has 32 heavy (non-hydrogen) atoms. The fourth-order valence-corrected chi connectivity index (χ4v) is 4.17. The highest BCUT2D eigenvalue weighted by Gasteiger charge is 2.30. The van der Waals surface area contributed by atoms with E-state index in [0.29, 0.717) is 22.8 Å². The molecule has 0 spiro atoms. The minimum absolute atomic E-state index is 0.0262. The Balaban J connectivity index is 1.28. The first-order valence-corrected chi connectivity index (χ1v) is 10.9. The van der Waals surface area contributed by atoms with Gasteiger partial charge >= 0.3 is 6.18 Å². The van der Waals surface area contributed by atoms with Crippen LogP contribution in [0.2, 0.25) is 5.15 Å². The number of hydrogen-bond acceptors (Lipinski definition) is 3. The first kappa shape index (κ1) is 22.6. The normalized spacial score (nSPS) is 15.8. The van der Waals surface area contributed by atoms with Crippen LogP contribution in [0, 0.1) is 5.92 Å². The van der Waals surface area contributed by atoms with Gasteiger partial charge in [0.25, 0.3) is 0 Å². The molecule has 1 aromatic heterocycles. The zero-order chi connectivity index (χ0) is 22.7. The molecular weight excluding hydrogens is 439 g/mol. The van der Waals surface area contributed by atoms with E-state index in [1.807, 2.05) is 24.3 Å². The third kappa shape index (κ3) is 5.40. The molecule has 1 fully saturated rings. The van der Waals surface area contributed by atoms with E-state index in [-0.39, 0.29) is 11.8 Å². The van der Waals surface area contributed by atoms with Crippen LogP contribution in [-0.2, 0) is 17.4 Å². The first-order valence-electron chi connectivity index (χ1n) is 10.5. The molecule has 0 aliphatic carbocycles. The number of pyridine rings is 1. The van der Waals surface area contributed by atoms with Crippen LogP contribution in [0.15, 0.2) is 54.6 Å². The summed E-state index contributed by atoms with van der Waals surface area (Å²) < 4.78 is 38.0. The van der Waals surface area contributed by atoms with Crippen LogP contribution in [0.4, 0.5) is 18.9 Å². The highest BCUT2D eigenvalue weighted by Crippen LogP contribution is 2.29. The quantitative estimate of drug-likeness (QED) is 0.488. The molecule has 4 rings (SSSR count). The van der Waals surface area contributed by atoms with E-state index in [2.05, 4.69) is 15.2 Å². The molecule has 1 aliphatic rings. The van der Waals surface area contributed by atoms with Crippen molar-refractivity contribution < 1.29 is 18.0 Å². The fourth-order valence-electron chi connectivity index (χ4n) is 4.03. The molecule has 0 radical (unpaired) electrons. The van der Waals surface area contributed by atoms with E-state index in [1.165, 1.54) is 12.1 Å². The van der Waals surface area contributed by atoms with E-state index in [0.717, 1.165) is 55.6 Å². The van der Waals surface area contributed by atoms with Gasteiger partial charge in [0.1, 0.15) is 5.15 Å². The maximum Gasteiger partial charge on any atom is 0.416 e. The topological polar surface area (TPSA) is 45.2 Å². The molecule has 1 amide bonds. The van der Waals surface area contributed by atoms with Crippen molar-refractivity contribution in [3.05, 3.63) is 70.9 Å². The summed E-state index contributed by atoms with van der Waals surface area (Å²) in [6.45, 7) is 2.31. The number of aromatic nitrogens is 1. The van der Waals surface area contributed by atoms with E-state index < -0.39 is 11.7 Å². The summed E-state index contributed by atoms with van der Waals surface area (Å²) in [5.41, 5.74) is 1.57. The summed E-state index contributed by atoms with van der Waals surface area (Å²) in [6.07, 6.45) is -2.16. The standard InChI is InChI=1S/C24H23ClF3N3O/c25-21-9-6-17-2-1-3-20(22(17)30-21)29-23(32)18-11-14-31(15-12-18)13-10-16-4-7-19(8-5-16)24(26,27)28/h1-9,18H,10-15H2,(H,29,32). The van der Waals surface area contributed by atoms with Gasteiger partial charge in [-0.3, -0.25) is 4.79 Å². The second-order valence-corrected chi connectivity index (χ2v) is 8.45. The Kier molecular flexibility index (Phi) is 6.67. The number of alkyl halides is 3. The zero-order valence-corrected chi connectivity index (χ0v) is 18.1. The number of likely N-dealkylation sites (tertiary alicyclic amines) is 1. The number of rotatable bonds is 5. The molecule has 0 atom stereocenters. The molecule has 1 saturated heterocycles. The molecule has 8 heteroatoms. The van der Waals surface area contributed by atoms with Gasteiger partial charge in [0.15, 0.2) is 0 Å². The summed E-state index contributed by atoms with van der Waals surface area (Å²) in [5.74, 6) is -0.117. The molecular formula is C24H23ClF3N3O. The number of carbonyl (C=O) groups excluding carboxylic acids is 1. The van der Waals surface area contributed by atoms with Crippen molar-refractivity contribution in [1.29, 1.82) is 0 Å². The second-order valence-electron chi connectivity index (χ2n) is 8.06. The maximum atomic E-state index is 12.8. The minimum Gasteiger partial charge on any atom is -0.324 e. The Morgan fingerprint density at radius 2 is 1.78 bits per heavy atom. The summed E-state index contributed by atoms with van der Waals surface area (Å²) >= 11 is 6.01. The summed E-state index contributed by atoms with van der Waals surface area (Å²) in [4.78, 5) is 19.4. The number of nitrogens with one attached hydrogen (secondary N) is 1. The van der Waals surface area contributed by atoms with E-state index in [4.69, 9.17) is 11.6 Å². The van der Waals surface area contributed by atoms with E-state index >= 15 is 0 Å². The van der Waals surface area contributed by atoms with Gasteiger partial charge in [0.2, 0.25) is 5.91 Å². The van der Waals surface area contributed by atoms with Crippen LogP contribution in [0.3, 0.4) is 0 Å². The molecule has 1 N–H and O–H groups in total. The Labute approximate surface area is 189 Å². The third-order valence-corrected chi connectivity index (χ3v) is 6.11. The number of hydrogen-bond donors (Lipinski definition) is 1. The fraction of sp³-hybridized carbons (Fsp3) is 0.333. The Bertz CT molecular complexity index is 1090. The number of benzene rings is 2. The number of piperidine rings is 1. The number of fused-ring (bicyclic) bond motifs is 1. The smallest absolute Gasteiger partial charge is 0.324 e. The minimum atomic E-state index is -4.31. The predicted molar refractivity (Wildman–Crippen MR) is 120 cm³/mol. The van der Waals surface area contributed by atoms with Crippen molar-refractivity contribution in [3.63, 3.8) is 0 Å². The van der Waals surface area contributed by atoms with Crippen LogP contribution in [0.5, 0.6) is 0 Å². The number of amides is 1. The highest BCUT2D eigenvalue weighted by atomic mass is 35.5. The number of nitrogens with zero attached hydrogens (tertiary/aromatic N) is 2. The monoisotopic (exact) mass is 461 g/mol. The van der Waals surface area contributed by atoms with E-state index in [1.54, 1.807) is 6.07 Å². The van der Waals surface area contributed by atoms with Gasteiger partial charge in [0.05, 0.1) is 16.8 Å². The second kappa shape index (κ2) is 9.46. The van der Waals surface area contributed by atoms with Crippen molar-refractivity contribution in [3.8, 4) is 0 Å². The molecule has 4 nitrogen and oxygen atoms in total. The lowest BCUT2D eigenvalue weighted by Crippen LogP contribution is -2.39. The number of halogens is 4. The van der Waals surface area contributed by atoms with Gasteiger partial charge in [0, 0.05) is 17.8 Å². The average molecular weight is 462 g/mol. The number of carbonyl (C=O) groups is 1. The molecule has 2 heterocycles. The molecule has 0 bridgehead atoms. The van der Waals surface area contributed by atoms with Gasteiger partial charge in [-0.05, 0) is 68.2 Å². The van der Waals surface area contributed by atoms with Crippen molar-refractivity contribution >= 4 is 34.1 Å². The lowest BCUT2D eigenvalue weighted by atomic mass is 9.95. The van der Waals surface area contributed by atoms with Crippen molar-refractivity contribution in [1.82, 2.24) is 9.88 Å². The van der Waals surface area contributed by atoms with Gasteiger partial charge in [-0.25, -0.2) is 4.98 Å². The third-order valence-electron chi connectivity index (χ3n) is 5.90. The van der Waals surface area contributed by atoms with Crippen molar-refractivity contribution in [2.75, 3.05) is 25.0 Å². The Hall–Kier alpha value is -2.64. The number of anilines is 1. The molecule has 3 aromatic rings. The maximum absolute atomic E-state index is 12.8. The van der Waals surface area contributed by atoms with Gasteiger partial charge in [-0.15, -0.1) is 0 Å². The zero-order valence-electron chi connectivity index (χ0n) is 17.3. The molecule has 0 saturated carbocycles. The first-order chi connectivity index (χ1) is 15.3. The molecule has 168 valence electrons. The van der Waals surface area contributed by atoms with Gasteiger partial charge < -0.3 is 10.2 Å². The predicted octanol–water partition coefficient (Wildman–Crippen LogP) is 5.80. The molecule has 2 aromatic carbocycles. The van der Waals surface area contributed by atoms with Gasteiger partial charge in [-0.1, -0.05) is 35.9 Å². The molecule has 1 aliphatic heterocycles. The summed E-state index contributed by atoms with van der Waals surface area (Å²) in [5, 5.41) is 4.28. The van der Waals surface area contributed by atoms with Crippen molar-refractivity contribution in [2.24, 2.45) is 5.92 Å². The Morgan fingerprint density at radius 3 is 2.47 bits per heavy atom. The van der Waals surface area contributed by atoms with Crippen LogP contribution in [0.1, 0.15) is 24.0 Å². The van der Waals surface area contributed by atoms with Crippen LogP contribution in [0.25, 0.3) is 10.9 Å². The molecule has 0 unspecified atom stereocenters. The Morgan fingerprint density at radius 1 is 1.06 bits per heavy atom. The van der Waals surface area contributed by atoms with Crippen molar-refractivity contribution in [2.45, 2.75) is 25.4 Å². The summed E-state index contributed by atoms with van der Waals surface area (Å²) in [6, 6.07) is 14.5. The van der Waals surface area contributed by atoms with Crippen LogP contribution < -0.4 is 5.32 Å². The lowest BCUT2D eigenvalue weighted by molar-refractivity contribution is -0.137. The van der Waals surface area contributed by atoms with Crippen LogP contribution in [-0.4, -0.2) is 35.4 Å². The lowest BCUT2D eigenvalue weighted by Gasteiger charge is -2.31.